The number of hydrogen-bond donors (Lipinski definition) is 0. The first kappa shape index (κ1) is 14.3. The summed E-state index contributed by atoms with van der Waals surface area (Å²) >= 11 is 0. The van der Waals surface area contributed by atoms with Gasteiger partial charge in [0, 0.05) is 31.2 Å². The van der Waals surface area contributed by atoms with Crippen LogP contribution in [0.1, 0.15) is 13.8 Å². The van der Waals surface area contributed by atoms with E-state index in [9.17, 15) is 9.59 Å². The Morgan fingerprint density at radius 2 is 2.05 bits per heavy atom. The molecule has 0 N–H and O–H groups in total. The highest BCUT2D eigenvalue weighted by Crippen LogP contribution is 2.16. The fourth-order valence-corrected chi connectivity index (χ4v) is 1.96. The Labute approximate surface area is 118 Å². The Morgan fingerprint density at radius 1 is 1.35 bits per heavy atom. The van der Waals surface area contributed by atoms with Crippen molar-refractivity contribution in [1.82, 2.24) is 9.88 Å². The van der Waals surface area contributed by atoms with E-state index in [1.54, 1.807) is 29.4 Å². The zero-order chi connectivity index (χ0) is 14.5. The maximum atomic E-state index is 12.1. The molecule has 20 heavy (non-hydrogen) atoms. The van der Waals surface area contributed by atoms with Gasteiger partial charge in [-0.3, -0.25) is 14.7 Å². The number of nitrogens with zero attached hydrogens (tertiary/aromatic N) is 3. The molecule has 1 aliphatic heterocycles. The maximum absolute atomic E-state index is 12.1. The minimum absolute atomic E-state index is 0.0548. The van der Waals surface area contributed by atoms with E-state index in [2.05, 4.69) is 4.98 Å². The molecule has 0 bridgehead atoms. The lowest BCUT2D eigenvalue weighted by molar-refractivity contribution is -0.120. The number of carbonyl (C=O) groups is 2. The molecule has 2 heterocycles. The van der Waals surface area contributed by atoms with E-state index in [0.717, 1.165) is 5.69 Å². The van der Waals surface area contributed by atoms with Crippen molar-refractivity contribution in [3.63, 3.8) is 0 Å². The number of rotatable bonds is 3. The third-order valence-corrected chi connectivity index (χ3v) is 2.99. The van der Waals surface area contributed by atoms with E-state index >= 15 is 0 Å². The van der Waals surface area contributed by atoms with Gasteiger partial charge in [-0.25, -0.2) is 4.79 Å². The fourth-order valence-electron chi connectivity index (χ4n) is 1.96. The summed E-state index contributed by atoms with van der Waals surface area (Å²) in [5, 5.41) is 0. The normalized spacial score (nSPS) is 15.7. The standard InChI is InChI=1S/C14H19N3O3/c1-11(2)10-20-14(19)16-7-8-17(13(18)9-16)12-3-5-15-6-4-12/h3-6,11H,7-10H2,1-2H3. The Kier molecular flexibility index (Phi) is 4.55. The van der Waals surface area contributed by atoms with Crippen LogP contribution in [0.25, 0.3) is 0 Å². The summed E-state index contributed by atoms with van der Waals surface area (Å²) in [5.41, 5.74) is 0.806. The van der Waals surface area contributed by atoms with Gasteiger partial charge in [0.05, 0.1) is 6.61 Å². The number of pyridine rings is 1. The van der Waals surface area contributed by atoms with Crippen molar-refractivity contribution in [2.75, 3.05) is 31.1 Å². The molecule has 0 aromatic carbocycles. The van der Waals surface area contributed by atoms with Crippen LogP contribution >= 0.6 is 0 Å². The molecular formula is C14H19N3O3. The topological polar surface area (TPSA) is 62.7 Å². The first-order valence-corrected chi connectivity index (χ1v) is 6.70. The summed E-state index contributed by atoms with van der Waals surface area (Å²) in [5.74, 6) is 0.178. The number of amides is 2. The van der Waals surface area contributed by atoms with Crippen LogP contribution in [0, 0.1) is 5.92 Å². The van der Waals surface area contributed by atoms with Crippen molar-refractivity contribution < 1.29 is 14.3 Å². The first-order chi connectivity index (χ1) is 9.58. The van der Waals surface area contributed by atoms with E-state index in [4.69, 9.17) is 4.74 Å². The summed E-state index contributed by atoms with van der Waals surface area (Å²) < 4.78 is 5.14. The molecule has 0 radical (unpaired) electrons. The van der Waals surface area contributed by atoms with Crippen LogP contribution in [-0.4, -0.2) is 48.1 Å². The molecule has 0 saturated carbocycles. The van der Waals surface area contributed by atoms with Crippen LogP contribution in [0.2, 0.25) is 0 Å². The Morgan fingerprint density at radius 3 is 2.65 bits per heavy atom. The van der Waals surface area contributed by atoms with E-state index < -0.39 is 6.09 Å². The van der Waals surface area contributed by atoms with Crippen molar-refractivity contribution in [2.45, 2.75) is 13.8 Å². The van der Waals surface area contributed by atoms with Crippen LogP contribution in [0.5, 0.6) is 0 Å². The summed E-state index contributed by atoms with van der Waals surface area (Å²) in [7, 11) is 0. The molecule has 6 heteroatoms. The van der Waals surface area contributed by atoms with Crippen molar-refractivity contribution >= 4 is 17.7 Å². The second-order valence-corrected chi connectivity index (χ2v) is 5.14. The fraction of sp³-hybridized carbons (Fsp3) is 0.500. The molecule has 0 aliphatic carbocycles. The maximum Gasteiger partial charge on any atom is 0.410 e. The van der Waals surface area contributed by atoms with Crippen LogP contribution < -0.4 is 4.90 Å². The van der Waals surface area contributed by atoms with E-state index in [1.807, 2.05) is 13.8 Å². The van der Waals surface area contributed by atoms with Crippen molar-refractivity contribution in [3.05, 3.63) is 24.5 Å². The lowest BCUT2D eigenvalue weighted by Gasteiger charge is -2.33. The molecular weight excluding hydrogens is 258 g/mol. The van der Waals surface area contributed by atoms with Gasteiger partial charge in [-0.1, -0.05) is 13.8 Å². The first-order valence-electron chi connectivity index (χ1n) is 6.70. The number of anilines is 1. The van der Waals surface area contributed by atoms with E-state index in [0.29, 0.717) is 19.7 Å². The molecule has 1 aliphatic rings. The quantitative estimate of drug-likeness (QED) is 0.840. The highest BCUT2D eigenvalue weighted by molar-refractivity contribution is 5.97. The number of carbonyl (C=O) groups excluding carboxylic acids is 2. The molecule has 0 unspecified atom stereocenters. The van der Waals surface area contributed by atoms with Crippen LogP contribution in [0.15, 0.2) is 24.5 Å². The van der Waals surface area contributed by atoms with Gasteiger partial charge in [-0.05, 0) is 18.1 Å². The predicted octanol–water partition coefficient (Wildman–Crippen LogP) is 1.52. The highest BCUT2D eigenvalue weighted by Gasteiger charge is 2.28. The number of ether oxygens (including phenoxy) is 1. The van der Waals surface area contributed by atoms with Gasteiger partial charge in [-0.15, -0.1) is 0 Å². The summed E-state index contributed by atoms with van der Waals surface area (Å²) in [6.45, 7) is 5.32. The molecule has 1 aromatic rings. The zero-order valence-corrected chi connectivity index (χ0v) is 11.8. The second-order valence-electron chi connectivity index (χ2n) is 5.14. The average Bonchev–Trinajstić information content (AvgIpc) is 2.45. The van der Waals surface area contributed by atoms with Gasteiger partial charge >= 0.3 is 6.09 Å². The van der Waals surface area contributed by atoms with E-state index in [1.165, 1.54) is 4.90 Å². The molecule has 108 valence electrons. The van der Waals surface area contributed by atoms with E-state index in [-0.39, 0.29) is 18.4 Å². The van der Waals surface area contributed by atoms with Gasteiger partial charge < -0.3 is 9.64 Å². The van der Waals surface area contributed by atoms with Gasteiger partial charge in [0.15, 0.2) is 0 Å². The molecule has 0 spiro atoms. The zero-order valence-electron chi connectivity index (χ0n) is 11.8. The summed E-state index contributed by atoms with van der Waals surface area (Å²) in [6, 6.07) is 3.56. The lowest BCUT2D eigenvalue weighted by Crippen LogP contribution is -2.52. The Balaban J connectivity index is 1.92. The average molecular weight is 277 g/mol. The number of hydrogen-bond acceptors (Lipinski definition) is 4. The molecule has 1 saturated heterocycles. The van der Waals surface area contributed by atoms with Crippen LogP contribution in [0.4, 0.5) is 10.5 Å². The molecule has 1 fully saturated rings. The SMILES string of the molecule is CC(C)COC(=O)N1CCN(c2ccncc2)C(=O)C1. The smallest absolute Gasteiger partial charge is 0.410 e. The third-order valence-electron chi connectivity index (χ3n) is 2.99. The van der Waals surface area contributed by atoms with Crippen molar-refractivity contribution in [2.24, 2.45) is 5.92 Å². The summed E-state index contributed by atoms with van der Waals surface area (Å²) in [4.78, 5) is 31.0. The van der Waals surface area contributed by atoms with Gasteiger partial charge in [-0.2, -0.15) is 0 Å². The second kappa shape index (κ2) is 6.36. The molecule has 6 nitrogen and oxygen atoms in total. The highest BCUT2D eigenvalue weighted by atomic mass is 16.6. The predicted molar refractivity (Wildman–Crippen MR) is 74.3 cm³/mol. The lowest BCUT2D eigenvalue weighted by atomic mass is 10.2. The number of aromatic nitrogens is 1. The molecule has 2 amide bonds. The Hall–Kier alpha value is -2.11. The molecule has 0 atom stereocenters. The van der Waals surface area contributed by atoms with Gasteiger partial charge in [0.25, 0.3) is 0 Å². The van der Waals surface area contributed by atoms with Crippen molar-refractivity contribution in [1.29, 1.82) is 0 Å². The van der Waals surface area contributed by atoms with Crippen LogP contribution in [0.3, 0.4) is 0 Å². The monoisotopic (exact) mass is 277 g/mol. The van der Waals surface area contributed by atoms with Crippen molar-refractivity contribution in [3.8, 4) is 0 Å². The van der Waals surface area contributed by atoms with Gasteiger partial charge in [0.1, 0.15) is 6.54 Å². The Bertz CT molecular complexity index is 476. The minimum Gasteiger partial charge on any atom is -0.449 e. The summed E-state index contributed by atoms with van der Waals surface area (Å²) in [6.07, 6.45) is 2.87. The molecule has 1 aromatic heterocycles. The minimum atomic E-state index is -0.415. The largest absolute Gasteiger partial charge is 0.449 e. The molecule has 2 rings (SSSR count). The van der Waals surface area contributed by atoms with Crippen LogP contribution in [-0.2, 0) is 9.53 Å². The van der Waals surface area contributed by atoms with Gasteiger partial charge in [0.2, 0.25) is 5.91 Å². The third kappa shape index (κ3) is 3.46. The number of piperazine rings is 1.